The molecular weight excluding hydrogens is 375 g/mol. The van der Waals surface area contributed by atoms with Gasteiger partial charge in [0, 0.05) is 12.6 Å². The van der Waals surface area contributed by atoms with E-state index < -0.39 is 33.8 Å². The van der Waals surface area contributed by atoms with E-state index in [0.717, 1.165) is 18.2 Å². The highest BCUT2D eigenvalue weighted by Gasteiger charge is 2.20. The Bertz CT molecular complexity index is 739. The molecule has 25 heavy (non-hydrogen) atoms. The lowest BCUT2D eigenvalue weighted by Gasteiger charge is -2.15. The van der Waals surface area contributed by atoms with Crippen LogP contribution in [0.3, 0.4) is 0 Å². The maximum absolute atomic E-state index is 13.1. The Hall–Kier alpha value is -1.71. The fraction of sp³-hybridized carbons (Fsp3) is 0.467. The standard InChI is InChI=1S/C15H20ClFN2O5S/c1-9(2)19-15(21)10(3)24-14(20)6-7-18-25(22,23)11-4-5-13(17)12(16)8-11/h4-5,8-10,18H,6-7H2,1-3H3,(H,19,21)/t10-/m1/s1. The van der Waals surface area contributed by atoms with E-state index in [9.17, 15) is 22.4 Å². The predicted molar refractivity (Wildman–Crippen MR) is 90.0 cm³/mol. The molecule has 0 aromatic heterocycles. The van der Waals surface area contributed by atoms with Crippen LogP contribution in [0.25, 0.3) is 0 Å². The molecule has 0 aliphatic heterocycles. The van der Waals surface area contributed by atoms with E-state index in [1.165, 1.54) is 6.92 Å². The fourth-order valence-corrected chi connectivity index (χ4v) is 3.03. The van der Waals surface area contributed by atoms with E-state index in [-0.39, 0.29) is 28.9 Å². The molecule has 0 heterocycles. The average molecular weight is 395 g/mol. The molecule has 10 heteroatoms. The summed E-state index contributed by atoms with van der Waals surface area (Å²) < 4.78 is 44.2. The number of nitrogens with one attached hydrogen (secondary N) is 2. The zero-order chi connectivity index (χ0) is 19.2. The summed E-state index contributed by atoms with van der Waals surface area (Å²) in [5.41, 5.74) is 0. The van der Waals surface area contributed by atoms with Crippen molar-refractivity contribution in [2.75, 3.05) is 6.54 Å². The minimum absolute atomic E-state index is 0.0944. The Morgan fingerprint density at radius 2 is 1.92 bits per heavy atom. The largest absolute Gasteiger partial charge is 0.453 e. The number of ether oxygens (including phenoxy) is 1. The molecule has 0 bridgehead atoms. The SMILES string of the molecule is CC(C)NC(=O)[C@@H](C)OC(=O)CCNS(=O)(=O)c1ccc(F)c(Cl)c1. The molecule has 140 valence electrons. The number of carbonyl (C=O) groups is 2. The Balaban J connectivity index is 2.51. The van der Waals surface area contributed by atoms with E-state index in [1.54, 1.807) is 13.8 Å². The van der Waals surface area contributed by atoms with E-state index >= 15 is 0 Å². The lowest BCUT2D eigenvalue weighted by Crippen LogP contribution is -2.39. The van der Waals surface area contributed by atoms with Gasteiger partial charge in [-0.1, -0.05) is 11.6 Å². The molecule has 0 aliphatic rings. The molecule has 7 nitrogen and oxygen atoms in total. The van der Waals surface area contributed by atoms with Crippen LogP contribution in [-0.4, -0.2) is 39.0 Å². The van der Waals surface area contributed by atoms with E-state index in [1.807, 2.05) is 0 Å². The summed E-state index contributed by atoms with van der Waals surface area (Å²) in [6, 6.07) is 2.86. The summed E-state index contributed by atoms with van der Waals surface area (Å²) in [6.07, 6.45) is -1.25. The topological polar surface area (TPSA) is 102 Å². The Morgan fingerprint density at radius 3 is 2.48 bits per heavy atom. The zero-order valence-corrected chi connectivity index (χ0v) is 15.6. The number of hydrogen-bond donors (Lipinski definition) is 2. The Labute approximate surface area is 150 Å². The molecule has 0 fully saturated rings. The fourth-order valence-electron chi connectivity index (χ4n) is 1.73. The molecule has 0 unspecified atom stereocenters. The van der Waals surface area contributed by atoms with Gasteiger partial charge in [-0.25, -0.2) is 17.5 Å². The molecular formula is C15H20ClFN2O5S. The third-order valence-electron chi connectivity index (χ3n) is 2.93. The first-order valence-electron chi connectivity index (χ1n) is 7.47. The maximum atomic E-state index is 13.1. The van der Waals surface area contributed by atoms with Crippen molar-refractivity contribution in [1.82, 2.24) is 10.0 Å². The average Bonchev–Trinajstić information content (AvgIpc) is 2.48. The number of rotatable bonds is 8. The van der Waals surface area contributed by atoms with E-state index in [4.69, 9.17) is 16.3 Å². The van der Waals surface area contributed by atoms with E-state index in [0.29, 0.717) is 0 Å². The molecule has 0 radical (unpaired) electrons. The van der Waals surface area contributed by atoms with Gasteiger partial charge >= 0.3 is 5.97 Å². The first kappa shape index (κ1) is 21.3. The third kappa shape index (κ3) is 6.97. The summed E-state index contributed by atoms with van der Waals surface area (Å²) in [5.74, 6) is -1.91. The van der Waals surface area contributed by atoms with E-state index in [2.05, 4.69) is 10.0 Å². The molecule has 0 aliphatic carbocycles. The van der Waals surface area contributed by atoms with Crippen molar-refractivity contribution >= 4 is 33.5 Å². The number of carbonyl (C=O) groups excluding carboxylic acids is 2. The molecule has 1 aromatic rings. The number of esters is 1. The van der Waals surface area contributed by atoms with Crippen LogP contribution < -0.4 is 10.0 Å². The van der Waals surface area contributed by atoms with Crippen LogP contribution >= 0.6 is 11.6 Å². The number of sulfonamides is 1. The van der Waals surface area contributed by atoms with Crippen LogP contribution in [0, 0.1) is 5.82 Å². The summed E-state index contributed by atoms with van der Waals surface area (Å²) >= 11 is 5.55. The van der Waals surface area contributed by atoms with Gasteiger partial charge in [0.2, 0.25) is 10.0 Å². The van der Waals surface area contributed by atoms with Gasteiger partial charge in [-0.15, -0.1) is 0 Å². The first-order chi connectivity index (χ1) is 11.5. The Kier molecular flexibility index (Phi) is 7.78. The smallest absolute Gasteiger partial charge is 0.307 e. The molecule has 0 saturated carbocycles. The summed E-state index contributed by atoms with van der Waals surface area (Å²) in [4.78, 5) is 23.1. The molecule has 2 N–H and O–H groups in total. The molecule has 1 aromatic carbocycles. The Morgan fingerprint density at radius 1 is 1.28 bits per heavy atom. The minimum atomic E-state index is -3.94. The zero-order valence-electron chi connectivity index (χ0n) is 14.0. The van der Waals surface area contributed by atoms with Crippen LogP contribution in [-0.2, 0) is 24.3 Å². The molecule has 1 atom stereocenters. The highest BCUT2D eigenvalue weighted by atomic mass is 35.5. The number of amides is 1. The number of hydrogen-bond acceptors (Lipinski definition) is 5. The molecule has 1 amide bonds. The van der Waals surface area contributed by atoms with Gasteiger partial charge in [-0.3, -0.25) is 9.59 Å². The van der Waals surface area contributed by atoms with Crippen LogP contribution in [0.15, 0.2) is 23.1 Å². The highest BCUT2D eigenvalue weighted by molar-refractivity contribution is 7.89. The van der Waals surface area contributed by atoms with Crippen molar-refractivity contribution in [3.63, 3.8) is 0 Å². The number of halogens is 2. The predicted octanol–water partition coefficient (Wildman–Crippen LogP) is 1.60. The van der Waals surface area contributed by atoms with Crippen molar-refractivity contribution in [2.24, 2.45) is 0 Å². The van der Waals surface area contributed by atoms with Gasteiger partial charge in [0.25, 0.3) is 5.91 Å². The summed E-state index contributed by atoms with van der Waals surface area (Å²) in [6.45, 7) is 4.71. The van der Waals surface area contributed by atoms with Gasteiger partial charge in [0.1, 0.15) is 5.82 Å². The normalized spacial score (nSPS) is 12.7. The van der Waals surface area contributed by atoms with Crippen molar-refractivity contribution in [1.29, 1.82) is 0 Å². The van der Waals surface area contributed by atoms with Crippen molar-refractivity contribution in [3.05, 3.63) is 29.0 Å². The monoisotopic (exact) mass is 394 g/mol. The van der Waals surface area contributed by atoms with Gasteiger partial charge in [0.15, 0.2) is 6.10 Å². The second kappa shape index (κ2) is 9.12. The van der Waals surface area contributed by atoms with Gasteiger partial charge in [-0.2, -0.15) is 0 Å². The van der Waals surface area contributed by atoms with Crippen LogP contribution in [0.4, 0.5) is 4.39 Å². The molecule has 0 saturated heterocycles. The second-order valence-electron chi connectivity index (χ2n) is 5.52. The lowest BCUT2D eigenvalue weighted by atomic mass is 10.3. The molecule has 0 spiro atoms. The van der Waals surface area contributed by atoms with Crippen LogP contribution in [0.5, 0.6) is 0 Å². The molecule has 1 rings (SSSR count). The van der Waals surface area contributed by atoms with Crippen LogP contribution in [0.2, 0.25) is 5.02 Å². The highest BCUT2D eigenvalue weighted by Crippen LogP contribution is 2.19. The van der Waals surface area contributed by atoms with Gasteiger partial charge < -0.3 is 10.1 Å². The summed E-state index contributed by atoms with van der Waals surface area (Å²) in [7, 11) is -3.94. The number of benzene rings is 1. The van der Waals surface area contributed by atoms with Crippen molar-refractivity contribution in [2.45, 2.75) is 44.2 Å². The van der Waals surface area contributed by atoms with Crippen LogP contribution in [0.1, 0.15) is 27.2 Å². The minimum Gasteiger partial charge on any atom is -0.453 e. The van der Waals surface area contributed by atoms with Crippen molar-refractivity contribution in [3.8, 4) is 0 Å². The maximum Gasteiger partial charge on any atom is 0.307 e. The first-order valence-corrected chi connectivity index (χ1v) is 9.33. The third-order valence-corrected chi connectivity index (χ3v) is 4.68. The van der Waals surface area contributed by atoms with Crippen molar-refractivity contribution < 1.29 is 27.1 Å². The van der Waals surface area contributed by atoms with Gasteiger partial charge in [0.05, 0.1) is 16.3 Å². The lowest BCUT2D eigenvalue weighted by molar-refractivity contribution is -0.154. The summed E-state index contributed by atoms with van der Waals surface area (Å²) in [5, 5.41) is 2.26. The second-order valence-corrected chi connectivity index (χ2v) is 7.69. The van der Waals surface area contributed by atoms with Gasteiger partial charge in [-0.05, 0) is 39.0 Å². The quantitative estimate of drug-likeness (QED) is 0.652.